The van der Waals surface area contributed by atoms with Crippen molar-refractivity contribution in [2.45, 2.75) is 70.4 Å². The van der Waals surface area contributed by atoms with Gasteiger partial charge in [0.2, 0.25) is 10.0 Å². The number of halogens is 1. The number of hydrogen-bond donors (Lipinski definition) is 2. The molecule has 1 aliphatic rings. The molecule has 0 aliphatic heterocycles. The summed E-state index contributed by atoms with van der Waals surface area (Å²) in [5.41, 5.74) is -1.48. The summed E-state index contributed by atoms with van der Waals surface area (Å²) >= 11 is 0. The number of alkyl carbamates (subject to hydrolysis) is 1. The summed E-state index contributed by atoms with van der Waals surface area (Å²) in [6.07, 6.45) is 0.989. The first-order chi connectivity index (χ1) is 12.7. The van der Waals surface area contributed by atoms with Gasteiger partial charge in [0.25, 0.3) is 0 Å². The number of ether oxygens (including phenoxy) is 1. The molecular formula is C20H31FN2O4S. The van der Waals surface area contributed by atoms with Crippen LogP contribution < -0.4 is 10.0 Å². The Labute approximate surface area is 167 Å². The van der Waals surface area contributed by atoms with Crippen molar-refractivity contribution < 1.29 is 22.3 Å². The lowest BCUT2D eigenvalue weighted by molar-refractivity contribution is 0.0352. The van der Waals surface area contributed by atoms with E-state index < -0.39 is 33.1 Å². The fourth-order valence-electron chi connectivity index (χ4n) is 3.61. The molecule has 158 valence electrons. The molecule has 0 bridgehead atoms. The van der Waals surface area contributed by atoms with Crippen LogP contribution in [0.25, 0.3) is 0 Å². The van der Waals surface area contributed by atoms with E-state index in [1.807, 2.05) is 41.5 Å². The van der Waals surface area contributed by atoms with E-state index in [0.29, 0.717) is 6.42 Å². The monoisotopic (exact) mass is 414 g/mol. The van der Waals surface area contributed by atoms with Crippen molar-refractivity contribution >= 4 is 16.1 Å². The van der Waals surface area contributed by atoms with Crippen LogP contribution in [0, 0.1) is 17.2 Å². The van der Waals surface area contributed by atoms with E-state index in [1.54, 1.807) is 0 Å². The fourth-order valence-corrected chi connectivity index (χ4v) is 4.70. The standard InChI is InChI=1S/C20H31FN2O4S/c1-18(2,3)27-17(24)23-20(6)12-11-14(19(20,4)5)13-22-28(25,26)16-9-7-15(21)8-10-16/h7-10,14,22H,11-13H2,1-6H3,(H,23,24)/t14-,20-/m1/s1. The quantitative estimate of drug-likeness (QED) is 0.767. The smallest absolute Gasteiger partial charge is 0.408 e. The molecule has 1 saturated carbocycles. The van der Waals surface area contributed by atoms with Gasteiger partial charge in [-0.2, -0.15) is 0 Å². The summed E-state index contributed by atoms with van der Waals surface area (Å²) in [5.74, 6) is -0.470. The third-order valence-electron chi connectivity index (χ3n) is 5.86. The first kappa shape index (κ1) is 22.6. The predicted molar refractivity (Wildman–Crippen MR) is 106 cm³/mol. The minimum atomic E-state index is -3.73. The van der Waals surface area contributed by atoms with E-state index >= 15 is 0 Å². The molecule has 1 fully saturated rings. The lowest BCUT2D eigenvalue weighted by Gasteiger charge is -2.42. The number of benzene rings is 1. The summed E-state index contributed by atoms with van der Waals surface area (Å²) in [6, 6.07) is 4.73. The maximum absolute atomic E-state index is 13.0. The average Bonchev–Trinajstić information content (AvgIpc) is 2.73. The van der Waals surface area contributed by atoms with Gasteiger partial charge >= 0.3 is 6.09 Å². The molecule has 0 saturated heterocycles. The van der Waals surface area contributed by atoms with Crippen molar-refractivity contribution in [3.8, 4) is 0 Å². The van der Waals surface area contributed by atoms with E-state index in [1.165, 1.54) is 12.1 Å². The second-order valence-corrected chi connectivity index (χ2v) is 11.0. The lowest BCUT2D eigenvalue weighted by atomic mass is 9.71. The van der Waals surface area contributed by atoms with Gasteiger partial charge in [0.15, 0.2) is 0 Å². The van der Waals surface area contributed by atoms with Gasteiger partial charge in [-0.15, -0.1) is 0 Å². The molecule has 1 aliphatic carbocycles. The second kappa shape index (κ2) is 7.63. The summed E-state index contributed by atoms with van der Waals surface area (Å²) < 4.78 is 46.0. The number of hydrogen-bond acceptors (Lipinski definition) is 4. The minimum absolute atomic E-state index is 0.0164. The van der Waals surface area contributed by atoms with E-state index in [9.17, 15) is 17.6 Å². The molecule has 1 amide bonds. The Morgan fingerprint density at radius 2 is 1.79 bits per heavy atom. The molecule has 2 atom stereocenters. The molecule has 0 radical (unpaired) electrons. The van der Waals surface area contributed by atoms with Crippen LogP contribution in [-0.2, 0) is 14.8 Å². The number of rotatable bonds is 5. The van der Waals surface area contributed by atoms with Crippen LogP contribution in [0.4, 0.5) is 9.18 Å². The highest BCUT2D eigenvalue weighted by Crippen LogP contribution is 2.50. The van der Waals surface area contributed by atoms with Gasteiger partial charge in [-0.3, -0.25) is 0 Å². The zero-order valence-electron chi connectivity index (χ0n) is 17.4. The van der Waals surface area contributed by atoms with Crippen molar-refractivity contribution in [2.24, 2.45) is 11.3 Å². The van der Waals surface area contributed by atoms with Crippen LogP contribution in [0.3, 0.4) is 0 Å². The van der Waals surface area contributed by atoms with E-state index in [-0.39, 0.29) is 22.8 Å². The molecule has 2 rings (SSSR count). The van der Waals surface area contributed by atoms with Gasteiger partial charge in [0.05, 0.1) is 4.90 Å². The lowest BCUT2D eigenvalue weighted by Crippen LogP contribution is -2.56. The molecule has 0 spiro atoms. The van der Waals surface area contributed by atoms with Crippen LogP contribution in [0.5, 0.6) is 0 Å². The largest absolute Gasteiger partial charge is 0.444 e. The average molecular weight is 415 g/mol. The van der Waals surface area contributed by atoms with Crippen molar-refractivity contribution in [1.29, 1.82) is 0 Å². The third-order valence-corrected chi connectivity index (χ3v) is 7.30. The van der Waals surface area contributed by atoms with Gasteiger partial charge in [-0.25, -0.2) is 22.3 Å². The molecule has 8 heteroatoms. The highest BCUT2D eigenvalue weighted by molar-refractivity contribution is 7.89. The highest BCUT2D eigenvalue weighted by atomic mass is 32.2. The Hall–Kier alpha value is -1.67. The van der Waals surface area contributed by atoms with Crippen LogP contribution >= 0.6 is 0 Å². The number of carbonyl (C=O) groups is 1. The van der Waals surface area contributed by atoms with E-state index in [4.69, 9.17) is 4.74 Å². The van der Waals surface area contributed by atoms with Crippen molar-refractivity contribution in [2.75, 3.05) is 6.54 Å². The molecule has 0 heterocycles. The summed E-state index contributed by atoms with van der Waals surface area (Å²) in [6.45, 7) is 11.7. The van der Waals surface area contributed by atoms with Crippen molar-refractivity contribution in [1.82, 2.24) is 10.0 Å². The first-order valence-electron chi connectivity index (χ1n) is 9.43. The van der Waals surface area contributed by atoms with E-state index in [2.05, 4.69) is 10.0 Å². The number of amides is 1. The molecule has 6 nitrogen and oxygen atoms in total. The van der Waals surface area contributed by atoms with Crippen LogP contribution in [0.15, 0.2) is 29.2 Å². The van der Waals surface area contributed by atoms with Crippen LogP contribution in [-0.4, -0.2) is 32.2 Å². The SMILES string of the molecule is CC(C)(C)OC(=O)N[C@]1(C)CC[C@H](CNS(=O)(=O)c2ccc(F)cc2)C1(C)C. The Balaban J connectivity index is 2.06. The zero-order valence-corrected chi connectivity index (χ0v) is 18.2. The maximum Gasteiger partial charge on any atom is 0.408 e. The predicted octanol–water partition coefficient (Wildman–Crippen LogP) is 3.82. The summed E-state index contributed by atoms with van der Waals surface area (Å²) in [4.78, 5) is 12.3. The number of carbonyl (C=O) groups excluding carboxylic acids is 1. The normalized spacial score (nSPS) is 24.8. The molecule has 2 N–H and O–H groups in total. The number of nitrogens with one attached hydrogen (secondary N) is 2. The van der Waals surface area contributed by atoms with Gasteiger partial charge in [0.1, 0.15) is 11.4 Å². The van der Waals surface area contributed by atoms with Gasteiger partial charge in [0, 0.05) is 12.1 Å². The van der Waals surface area contributed by atoms with Crippen molar-refractivity contribution in [3.63, 3.8) is 0 Å². The van der Waals surface area contributed by atoms with Crippen molar-refractivity contribution in [3.05, 3.63) is 30.1 Å². The maximum atomic E-state index is 13.0. The fraction of sp³-hybridized carbons (Fsp3) is 0.650. The Bertz CT molecular complexity index is 816. The summed E-state index contributed by atoms with van der Waals surface area (Å²) in [7, 11) is -3.73. The Kier molecular flexibility index (Phi) is 6.16. The second-order valence-electron chi connectivity index (χ2n) is 9.22. The van der Waals surface area contributed by atoms with Crippen LogP contribution in [0.1, 0.15) is 54.4 Å². The Morgan fingerprint density at radius 3 is 2.32 bits per heavy atom. The summed E-state index contributed by atoms with van der Waals surface area (Å²) in [5, 5.41) is 2.99. The number of sulfonamides is 1. The molecular weight excluding hydrogens is 383 g/mol. The van der Waals surface area contributed by atoms with Gasteiger partial charge < -0.3 is 10.1 Å². The highest BCUT2D eigenvalue weighted by Gasteiger charge is 2.52. The molecule has 1 aromatic carbocycles. The Morgan fingerprint density at radius 1 is 1.21 bits per heavy atom. The molecule has 0 aromatic heterocycles. The minimum Gasteiger partial charge on any atom is -0.444 e. The van der Waals surface area contributed by atoms with E-state index in [0.717, 1.165) is 18.6 Å². The molecule has 1 aromatic rings. The van der Waals surface area contributed by atoms with Gasteiger partial charge in [-0.05, 0) is 76.1 Å². The topological polar surface area (TPSA) is 84.5 Å². The molecule has 28 heavy (non-hydrogen) atoms. The zero-order chi connectivity index (χ0) is 21.4. The molecule has 0 unspecified atom stereocenters. The van der Waals surface area contributed by atoms with Gasteiger partial charge in [-0.1, -0.05) is 13.8 Å². The first-order valence-corrected chi connectivity index (χ1v) is 10.9. The third kappa shape index (κ3) is 5.03. The van der Waals surface area contributed by atoms with Crippen LogP contribution in [0.2, 0.25) is 0 Å².